The van der Waals surface area contributed by atoms with Crippen molar-refractivity contribution in [1.82, 2.24) is 15.0 Å². The lowest BCUT2D eigenvalue weighted by Crippen LogP contribution is -1.99. The molecule has 0 aliphatic rings. The summed E-state index contributed by atoms with van der Waals surface area (Å²) in [4.78, 5) is 11.6. The van der Waals surface area contributed by atoms with E-state index in [0.29, 0.717) is 22.4 Å². The van der Waals surface area contributed by atoms with E-state index in [1.54, 1.807) is 31.5 Å². The third kappa shape index (κ3) is 3.68. The Hall–Kier alpha value is -3.76. The van der Waals surface area contributed by atoms with E-state index in [-0.39, 0.29) is 5.69 Å². The number of aromatic amines is 1. The van der Waals surface area contributed by atoms with E-state index in [1.807, 2.05) is 30.5 Å². The van der Waals surface area contributed by atoms with E-state index in [9.17, 15) is 5.26 Å². The number of hydrogen-bond donors (Lipinski definition) is 3. The van der Waals surface area contributed by atoms with Crippen LogP contribution in [0, 0.1) is 11.3 Å². The molecule has 3 N–H and O–H groups in total. The molecule has 138 valence electrons. The van der Waals surface area contributed by atoms with Gasteiger partial charge >= 0.3 is 0 Å². The average molecular weight is 391 g/mol. The zero-order valence-electron chi connectivity index (χ0n) is 14.8. The van der Waals surface area contributed by atoms with E-state index in [2.05, 4.69) is 31.7 Å². The highest BCUT2D eigenvalue weighted by Gasteiger charge is 2.07. The number of ether oxygens (including phenoxy) is 1. The molecule has 7 nitrogen and oxygen atoms in total. The first-order valence-corrected chi connectivity index (χ1v) is 8.75. The van der Waals surface area contributed by atoms with Crippen LogP contribution >= 0.6 is 11.6 Å². The van der Waals surface area contributed by atoms with Crippen LogP contribution in [0.2, 0.25) is 5.02 Å². The molecule has 3 aromatic heterocycles. The number of pyridine rings is 2. The number of benzene rings is 1. The van der Waals surface area contributed by atoms with Gasteiger partial charge in [0.15, 0.2) is 0 Å². The highest BCUT2D eigenvalue weighted by Crippen LogP contribution is 2.29. The number of nitrogens with zero attached hydrogens (tertiary/aromatic N) is 3. The van der Waals surface area contributed by atoms with Crippen molar-refractivity contribution in [3.05, 3.63) is 65.6 Å². The van der Waals surface area contributed by atoms with Crippen LogP contribution in [0.3, 0.4) is 0 Å². The minimum Gasteiger partial charge on any atom is -0.481 e. The summed E-state index contributed by atoms with van der Waals surface area (Å²) < 4.78 is 5.06. The van der Waals surface area contributed by atoms with Crippen molar-refractivity contribution >= 4 is 45.4 Å². The molecule has 0 saturated heterocycles. The van der Waals surface area contributed by atoms with Crippen LogP contribution in [0.4, 0.5) is 22.9 Å². The highest BCUT2D eigenvalue weighted by molar-refractivity contribution is 6.35. The molecule has 4 rings (SSSR count). The fourth-order valence-electron chi connectivity index (χ4n) is 2.81. The molecule has 3 heterocycles. The molecule has 0 saturated carbocycles. The van der Waals surface area contributed by atoms with Gasteiger partial charge in [0, 0.05) is 40.6 Å². The lowest BCUT2D eigenvalue weighted by Gasteiger charge is -2.11. The van der Waals surface area contributed by atoms with Crippen molar-refractivity contribution in [2.45, 2.75) is 0 Å². The van der Waals surface area contributed by atoms with Crippen LogP contribution in [0.5, 0.6) is 5.88 Å². The quantitative estimate of drug-likeness (QED) is 0.444. The molecule has 4 aromatic rings. The summed E-state index contributed by atoms with van der Waals surface area (Å²) in [5, 5.41) is 17.3. The molecule has 0 spiro atoms. The molecular formula is C20H15ClN6O. The average Bonchev–Trinajstić information content (AvgIpc) is 3.17. The molecule has 0 radical (unpaired) electrons. The predicted molar refractivity (Wildman–Crippen MR) is 110 cm³/mol. The van der Waals surface area contributed by atoms with Crippen molar-refractivity contribution in [2.24, 2.45) is 0 Å². The Bertz CT molecular complexity index is 1180. The molecule has 0 aliphatic heterocycles. The van der Waals surface area contributed by atoms with Crippen molar-refractivity contribution in [2.75, 3.05) is 17.7 Å². The molecule has 1 aromatic carbocycles. The van der Waals surface area contributed by atoms with Gasteiger partial charge in [-0.15, -0.1) is 0 Å². The van der Waals surface area contributed by atoms with E-state index >= 15 is 0 Å². The molecule has 28 heavy (non-hydrogen) atoms. The Balaban J connectivity index is 1.63. The maximum atomic E-state index is 9.32. The Morgan fingerprint density at radius 3 is 2.68 bits per heavy atom. The van der Waals surface area contributed by atoms with Gasteiger partial charge in [0.1, 0.15) is 17.6 Å². The van der Waals surface area contributed by atoms with Crippen LogP contribution in [0.1, 0.15) is 5.69 Å². The van der Waals surface area contributed by atoms with Crippen molar-refractivity contribution in [3.63, 3.8) is 0 Å². The number of hydrogen-bond acceptors (Lipinski definition) is 6. The van der Waals surface area contributed by atoms with Gasteiger partial charge in [0.05, 0.1) is 24.0 Å². The van der Waals surface area contributed by atoms with Gasteiger partial charge in [-0.3, -0.25) is 0 Å². The Morgan fingerprint density at radius 2 is 1.93 bits per heavy atom. The first-order chi connectivity index (χ1) is 13.6. The SMILES string of the molecule is COc1ccc(Nc2cc(C#N)nc(Nc3cc(Cl)c4cc[nH]c4c3)c2)cn1. The molecule has 0 unspecified atom stereocenters. The Kier molecular flexibility index (Phi) is 4.70. The van der Waals surface area contributed by atoms with Crippen LogP contribution < -0.4 is 15.4 Å². The van der Waals surface area contributed by atoms with E-state index in [1.165, 1.54) is 0 Å². The largest absolute Gasteiger partial charge is 0.481 e. The summed E-state index contributed by atoms with van der Waals surface area (Å²) in [6, 6.07) is 14.8. The zero-order valence-corrected chi connectivity index (χ0v) is 15.6. The summed E-state index contributed by atoms with van der Waals surface area (Å²) >= 11 is 6.33. The summed E-state index contributed by atoms with van der Waals surface area (Å²) in [7, 11) is 1.56. The van der Waals surface area contributed by atoms with Gasteiger partial charge in [-0.2, -0.15) is 5.26 Å². The number of nitrogens with one attached hydrogen (secondary N) is 3. The van der Waals surface area contributed by atoms with Gasteiger partial charge < -0.3 is 20.4 Å². The maximum Gasteiger partial charge on any atom is 0.213 e. The number of nitriles is 1. The fourth-order valence-corrected chi connectivity index (χ4v) is 3.09. The molecule has 8 heteroatoms. The maximum absolute atomic E-state index is 9.32. The number of halogens is 1. The normalized spacial score (nSPS) is 10.5. The number of methoxy groups -OCH3 is 1. The lowest BCUT2D eigenvalue weighted by atomic mass is 10.2. The van der Waals surface area contributed by atoms with Gasteiger partial charge in [-0.1, -0.05) is 11.6 Å². The van der Waals surface area contributed by atoms with E-state index < -0.39 is 0 Å². The summed E-state index contributed by atoms with van der Waals surface area (Å²) in [5.74, 6) is 1.04. The first-order valence-electron chi connectivity index (χ1n) is 8.37. The van der Waals surface area contributed by atoms with Gasteiger partial charge in [0.2, 0.25) is 5.88 Å². The van der Waals surface area contributed by atoms with Crippen LogP contribution in [-0.4, -0.2) is 22.1 Å². The van der Waals surface area contributed by atoms with Gasteiger partial charge in [0.25, 0.3) is 0 Å². The van der Waals surface area contributed by atoms with Crippen molar-refractivity contribution < 1.29 is 4.74 Å². The van der Waals surface area contributed by atoms with Crippen molar-refractivity contribution in [3.8, 4) is 11.9 Å². The monoisotopic (exact) mass is 390 g/mol. The third-order valence-corrected chi connectivity index (χ3v) is 4.38. The van der Waals surface area contributed by atoms with Crippen LogP contribution in [-0.2, 0) is 0 Å². The van der Waals surface area contributed by atoms with Gasteiger partial charge in [-0.25, -0.2) is 9.97 Å². The minimum absolute atomic E-state index is 0.279. The smallest absolute Gasteiger partial charge is 0.213 e. The van der Waals surface area contributed by atoms with Crippen LogP contribution in [0.15, 0.2) is 54.9 Å². The van der Waals surface area contributed by atoms with Gasteiger partial charge in [-0.05, 0) is 30.3 Å². The topological polar surface area (TPSA) is 98.6 Å². The minimum atomic E-state index is 0.279. The molecule has 0 fully saturated rings. The Labute approximate surface area is 166 Å². The number of rotatable bonds is 5. The summed E-state index contributed by atoms with van der Waals surface area (Å²) in [6.07, 6.45) is 3.48. The third-order valence-electron chi connectivity index (χ3n) is 4.06. The molecule has 0 aliphatic carbocycles. The second kappa shape index (κ2) is 7.47. The fraction of sp³-hybridized carbons (Fsp3) is 0.0500. The van der Waals surface area contributed by atoms with E-state index in [4.69, 9.17) is 16.3 Å². The molecule has 0 amide bonds. The number of aromatic nitrogens is 3. The molecule has 0 bridgehead atoms. The number of H-pyrrole nitrogens is 1. The summed E-state index contributed by atoms with van der Waals surface area (Å²) in [6.45, 7) is 0. The second-order valence-corrected chi connectivity index (χ2v) is 6.38. The van der Waals surface area contributed by atoms with Crippen LogP contribution in [0.25, 0.3) is 10.9 Å². The molecule has 0 atom stereocenters. The molecular weight excluding hydrogens is 376 g/mol. The number of anilines is 4. The predicted octanol–water partition coefficient (Wildman–Crippen LogP) is 4.98. The van der Waals surface area contributed by atoms with E-state index in [0.717, 1.165) is 22.3 Å². The lowest BCUT2D eigenvalue weighted by molar-refractivity contribution is 0.398. The Morgan fingerprint density at radius 1 is 1.07 bits per heavy atom. The highest BCUT2D eigenvalue weighted by atomic mass is 35.5. The second-order valence-electron chi connectivity index (χ2n) is 5.97. The summed E-state index contributed by atoms with van der Waals surface area (Å²) in [5.41, 5.74) is 3.42. The first kappa shape index (κ1) is 17.6. The zero-order chi connectivity index (χ0) is 19.5. The standard InChI is InChI=1S/C20H15ClN6O/c1-28-20-3-2-12(11-24-20)25-13-6-15(10-22)27-19(9-13)26-14-7-17(21)16-4-5-23-18(16)8-14/h2-9,11,23H,1H3,(H2,25,26,27). The number of fused-ring (bicyclic) bond motifs is 1. The van der Waals surface area contributed by atoms with Crippen molar-refractivity contribution in [1.29, 1.82) is 5.26 Å².